The van der Waals surface area contributed by atoms with E-state index in [-0.39, 0.29) is 31.3 Å². The Bertz CT molecular complexity index is 731. The van der Waals surface area contributed by atoms with E-state index in [1.54, 1.807) is 6.92 Å². The van der Waals surface area contributed by atoms with Crippen LogP contribution < -0.4 is 10.1 Å². The van der Waals surface area contributed by atoms with Crippen molar-refractivity contribution < 1.29 is 32.2 Å². The minimum Gasteiger partial charge on any atom is -0.489 e. The number of ether oxygens (including phenoxy) is 3. The van der Waals surface area contributed by atoms with Gasteiger partial charge in [-0.3, -0.25) is 4.79 Å². The summed E-state index contributed by atoms with van der Waals surface area (Å²) in [5.74, 6) is -1.37. The molecule has 1 aliphatic heterocycles. The molecule has 1 aromatic rings. The van der Waals surface area contributed by atoms with Crippen LogP contribution in [0.1, 0.15) is 38.2 Å². The van der Waals surface area contributed by atoms with E-state index < -0.39 is 28.8 Å². The third kappa shape index (κ3) is 4.33. The van der Waals surface area contributed by atoms with Gasteiger partial charge in [-0.05, 0) is 38.0 Å². The Labute approximate surface area is 161 Å². The number of benzene rings is 1. The Morgan fingerprint density at radius 1 is 1.29 bits per heavy atom. The zero-order chi connectivity index (χ0) is 20.4. The van der Waals surface area contributed by atoms with Crippen LogP contribution in [0.5, 0.6) is 5.75 Å². The second-order valence-corrected chi connectivity index (χ2v) is 7.52. The average Bonchev–Trinajstić information content (AvgIpc) is 3.11. The largest absolute Gasteiger partial charge is 0.489 e. The van der Waals surface area contributed by atoms with E-state index in [9.17, 15) is 18.0 Å². The van der Waals surface area contributed by atoms with Gasteiger partial charge >= 0.3 is 6.18 Å². The molecule has 1 amide bonds. The first-order valence-electron chi connectivity index (χ1n) is 9.22. The number of alkyl halides is 3. The normalized spacial score (nSPS) is 20.7. The van der Waals surface area contributed by atoms with Gasteiger partial charge in [-0.25, -0.2) is 0 Å². The lowest BCUT2D eigenvalue weighted by Gasteiger charge is -2.42. The standard InChI is InChI=1S/C20H24F3NO4/c1-3-10-26-16-7-6-14(11-15(16)20(21,22)23)24-17(25)18(2)12-27-19(28-13-18)8-4-5-9-19/h3,6-7,11H,1,4-5,8-10,12-13H2,2H3,(H,24,25). The van der Waals surface area contributed by atoms with E-state index in [4.69, 9.17) is 14.2 Å². The fourth-order valence-corrected chi connectivity index (χ4v) is 3.38. The monoisotopic (exact) mass is 399 g/mol. The van der Waals surface area contributed by atoms with Crippen LogP contribution in [-0.4, -0.2) is 31.5 Å². The highest BCUT2D eigenvalue weighted by molar-refractivity contribution is 5.95. The van der Waals surface area contributed by atoms with Crippen molar-refractivity contribution in [2.75, 3.05) is 25.1 Å². The van der Waals surface area contributed by atoms with Crippen molar-refractivity contribution in [3.63, 3.8) is 0 Å². The number of carbonyl (C=O) groups excluding carboxylic acids is 1. The van der Waals surface area contributed by atoms with Crippen molar-refractivity contribution in [3.05, 3.63) is 36.4 Å². The molecule has 1 aromatic carbocycles. The Hall–Kier alpha value is -2.06. The molecule has 28 heavy (non-hydrogen) atoms. The van der Waals surface area contributed by atoms with Gasteiger partial charge in [0.25, 0.3) is 0 Å². The molecule has 1 aliphatic carbocycles. The number of hydrogen-bond acceptors (Lipinski definition) is 4. The number of nitrogens with one attached hydrogen (secondary N) is 1. The number of rotatable bonds is 5. The molecule has 0 unspecified atom stereocenters. The molecule has 0 bridgehead atoms. The highest BCUT2D eigenvalue weighted by Gasteiger charge is 2.47. The van der Waals surface area contributed by atoms with Gasteiger partial charge in [-0.15, -0.1) is 0 Å². The molecule has 1 saturated heterocycles. The first-order valence-corrected chi connectivity index (χ1v) is 9.22. The maximum atomic E-state index is 13.3. The second kappa shape index (κ2) is 7.75. The molecule has 0 radical (unpaired) electrons. The van der Waals surface area contributed by atoms with Gasteiger partial charge in [0.05, 0.1) is 24.2 Å². The fraction of sp³-hybridized carbons (Fsp3) is 0.550. The summed E-state index contributed by atoms with van der Waals surface area (Å²) in [6.07, 6.45) is 0.369. The molecule has 154 valence electrons. The van der Waals surface area contributed by atoms with Gasteiger partial charge in [0.1, 0.15) is 12.4 Å². The van der Waals surface area contributed by atoms with E-state index in [1.165, 1.54) is 18.2 Å². The Balaban J connectivity index is 1.72. The number of carbonyl (C=O) groups is 1. The van der Waals surface area contributed by atoms with E-state index in [0.29, 0.717) is 0 Å². The lowest BCUT2D eigenvalue weighted by molar-refractivity contribution is -0.291. The van der Waals surface area contributed by atoms with Gasteiger partial charge < -0.3 is 19.5 Å². The maximum absolute atomic E-state index is 13.3. The van der Waals surface area contributed by atoms with Gasteiger partial charge in [0.15, 0.2) is 5.79 Å². The second-order valence-electron chi connectivity index (χ2n) is 7.52. The predicted octanol–water partition coefficient (Wildman–Crippen LogP) is 4.53. The number of halogens is 3. The van der Waals surface area contributed by atoms with Gasteiger partial charge in [0.2, 0.25) is 5.91 Å². The zero-order valence-electron chi connectivity index (χ0n) is 15.7. The lowest BCUT2D eigenvalue weighted by atomic mass is 9.90. The topological polar surface area (TPSA) is 56.8 Å². The summed E-state index contributed by atoms with van der Waals surface area (Å²) in [4.78, 5) is 12.7. The summed E-state index contributed by atoms with van der Waals surface area (Å²) >= 11 is 0. The molecule has 1 heterocycles. The van der Waals surface area contributed by atoms with Crippen LogP contribution in [-0.2, 0) is 20.4 Å². The van der Waals surface area contributed by atoms with Crippen molar-refractivity contribution in [1.29, 1.82) is 0 Å². The summed E-state index contributed by atoms with van der Waals surface area (Å²) in [5, 5.41) is 2.55. The Kier molecular flexibility index (Phi) is 5.72. The van der Waals surface area contributed by atoms with E-state index >= 15 is 0 Å². The molecule has 0 atom stereocenters. The predicted molar refractivity (Wildman–Crippen MR) is 97.0 cm³/mol. The smallest absolute Gasteiger partial charge is 0.420 e. The van der Waals surface area contributed by atoms with Gasteiger partial charge in [-0.2, -0.15) is 13.2 Å². The molecule has 8 heteroatoms. The number of anilines is 1. The quantitative estimate of drug-likeness (QED) is 0.739. The van der Waals surface area contributed by atoms with Crippen LogP contribution in [0.3, 0.4) is 0 Å². The molecule has 1 N–H and O–H groups in total. The molecule has 2 aliphatic rings. The lowest BCUT2D eigenvalue weighted by Crippen LogP contribution is -2.52. The molecule has 1 spiro atoms. The number of amides is 1. The minimum absolute atomic E-state index is 0.0330. The molecule has 1 saturated carbocycles. The van der Waals surface area contributed by atoms with Crippen molar-refractivity contribution in [3.8, 4) is 5.75 Å². The average molecular weight is 399 g/mol. The number of hydrogen-bond donors (Lipinski definition) is 1. The van der Waals surface area contributed by atoms with Crippen molar-refractivity contribution in [2.24, 2.45) is 5.41 Å². The van der Waals surface area contributed by atoms with Crippen molar-refractivity contribution >= 4 is 11.6 Å². The van der Waals surface area contributed by atoms with Crippen LogP contribution in [0.15, 0.2) is 30.9 Å². The first kappa shape index (κ1) is 20.7. The fourth-order valence-electron chi connectivity index (χ4n) is 3.38. The minimum atomic E-state index is -4.62. The van der Waals surface area contributed by atoms with Crippen LogP contribution in [0.25, 0.3) is 0 Å². The summed E-state index contributed by atoms with van der Waals surface area (Å²) in [5.41, 5.74) is -1.91. The summed E-state index contributed by atoms with van der Waals surface area (Å²) in [6, 6.07) is 3.42. The van der Waals surface area contributed by atoms with Crippen molar-refractivity contribution in [1.82, 2.24) is 0 Å². The van der Waals surface area contributed by atoms with Crippen LogP contribution >= 0.6 is 0 Å². The van der Waals surface area contributed by atoms with Crippen molar-refractivity contribution in [2.45, 2.75) is 44.6 Å². The van der Waals surface area contributed by atoms with E-state index in [0.717, 1.165) is 31.7 Å². The molecule has 3 rings (SSSR count). The molecule has 0 aromatic heterocycles. The molecule has 2 fully saturated rings. The summed E-state index contributed by atoms with van der Waals surface area (Å²) in [7, 11) is 0. The van der Waals surface area contributed by atoms with Crippen LogP contribution in [0, 0.1) is 5.41 Å². The Morgan fingerprint density at radius 3 is 2.50 bits per heavy atom. The third-order valence-electron chi connectivity index (χ3n) is 5.12. The summed E-state index contributed by atoms with van der Waals surface area (Å²) < 4.78 is 56.8. The van der Waals surface area contributed by atoms with Crippen LogP contribution in [0.2, 0.25) is 0 Å². The maximum Gasteiger partial charge on any atom is 0.420 e. The molecular weight excluding hydrogens is 375 g/mol. The zero-order valence-corrected chi connectivity index (χ0v) is 15.7. The van der Waals surface area contributed by atoms with Gasteiger partial charge in [-0.1, -0.05) is 12.7 Å². The first-order chi connectivity index (χ1) is 13.2. The molecular formula is C20H24F3NO4. The van der Waals surface area contributed by atoms with E-state index in [1.807, 2.05) is 0 Å². The highest BCUT2D eigenvalue weighted by atomic mass is 19.4. The highest BCUT2D eigenvalue weighted by Crippen LogP contribution is 2.41. The SMILES string of the molecule is C=CCOc1ccc(NC(=O)C2(C)COC3(CCCC3)OC2)cc1C(F)(F)F. The van der Waals surface area contributed by atoms with Crippen LogP contribution in [0.4, 0.5) is 18.9 Å². The summed E-state index contributed by atoms with van der Waals surface area (Å²) in [6.45, 7) is 5.36. The van der Waals surface area contributed by atoms with Gasteiger partial charge in [0, 0.05) is 18.5 Å². The Morgan fingerprint density at radius 2 is 1.93 bits per heavy atom. The molecule has 5 nitrogen and oxygen atoms in total. The third-order valence-corrected chi connectivity index (χ3v) is 5.12. The van der Waals surface area contributed by atoms with E-state index in [2.05, 4.69) is 11.9 Å².